The van der Waals surface area contributed by atoms with Crippen LogP contribution >= 0.6 is 0 Å². The number of hydrogen-bond acceptors (Lipinski definition) is 0. The second-order valence-corrected chi connectivity index (χ2v) is 8.60. The summed E-state index contributed by atoms with van der Waals surface area (Å²) in [5.41, 5.74) is 2.70. The molecule has 74 valence electrons. The average Bonchev–Trinajstić information content (AvgIpc) is 2.25. The fourth-order valence-corrected chi connectivity index (χ4v) is 4.81. The van der Waals surface area contributed by atoms with Gasteiger partial charge in [0.15, 0.2) is 0 Å². The Bertz CT molecular complexity index is 388. The number of hydrogen-bond donors (Lipinski definition) is 0. The zero-order valence-electron chi connectivity index (χ0n) is 10.2. The molecule has 0 saturated heterocycles. The zero-order chi connectivity index (χ0) is 10.7. The first kappa shape index (κ1) is 10.8. The molecule has 0 aliphatic carbocycles. The Morgan fingerprint density at radius 1 is 0.667 bits per heavy atom. The summed E-state index contributed by atoms with van der Waals surface area (Å²) >= 11 is -0.742. The maximum atomic E-state index is 2.29. The van der Waals surface area contributed by atoms with Gasteiger partial charge in [-0.2, -0.15) is 0 Å². The fourth-order valence-electron chi connectivity index (χ4n) is 1.52. The molecule has 0 heterocycles. The third kappa shape index (κ3) is 3.13. The topological polar surface area (TPSA) is 0 Å². The summed E-state index contributed by atoms with van der Waals surface area (Å²) in [5, 5.41) is 0. The third-order valence-electron chi connectivity index (χ3n) is 2.49. The van der Waals surface area contributed by atoms with E-state index in [1.54, 1.807) is 6.64 Å². The molecule has 0 spiro atoms. The Balaban J connectivity index is 0.00000128. The van der Waals surface area contributed by atoms with Gasteiger partial charge in [-0.25, -0.2) is 0 Å². The number of rotatable bonds is 2. The molecule has 2 rings (SSSR count). The van der Waals surface area contributed by atoms with Gasteiger partial charge in [0, 0.05) is 0 Å². The van der Waals surface area contributed by atoms with Crippen molar-refractivity contribution in [2.75, 3.05) is 0 Å². The van der Waals surface area contributed by atoms with Gasteiger partial charge in [0.2, 0.25) is 0 Å². The Morgan fingerprint density at radius 3 is 1.33 bits per heavy atom. The quantitative estimate of drug-likeness (QED) is 0.796. The Labute approximate surface area is 104 Å². The van der Waals surface area contributed by atoms with Crippen LogP contribution in [0.1, 0.15) is 12.6 Å². The summed E-state index contributed by atoms with van der Waals surface area (Å²) in [6.07, 6.45) is 0. The van der Waals surface area contributed by atoms with Gasteiger partial charge in [-0.3, -0.25) is 0 Å². The summed E-state index contributed by atoms with van der Waals surface area (Å²) in [4.78, 5) is 0. The second kappa shape index (κ2) is 4.89. The smallest absolute Gasteiger partial charge is 1.00 e. The number of benzene rings is 2. The molecule has 0 bridgehead atoms. The van der Waals surface area contributed by atoms with Crippen LogP contribution in [0, 0.1) is 13.8 Å². The normalized spacial score (nSPS) is 9.73. The van der Waals surface area contributed by atoms with Crippen LogP contribution in [0.15, 0.2) is 48.5 Å². The summed E-state index contributed by atoms with van der Waals surface area (Å²) < 4.78 is 3.14. The van der Waals surface area contributed by atoms with Gasteiger partial charge in [-0.15, -0.1) is 0 Å². The third-order valence-corrected chi connectivity index (χ3v) is 6.59. The first-order valence-corrected chi connectivity index (χ1v) is 8.52. The van der Waals surface area contributed by atoms with E-state index in [-0.39, 0.29) is 1.43 Å². The van der Waals surface area contributed by atoms with Crippen LogP contribution in [0.25, 0.3) is 0 Å². The van der Waals surface area contributed by atoms with Gasteiger partial charge < -0.3 is 1.43 Å². The van der Waals surface area contributed by atoms with Gasteiger partial charge in [0.1, 0.15) is 0 Å². The molecule has 0 atom stereocenters. The van der Waals surface area contributed by atoms with Crippen molar-refractivity contribution in [2.24, 2.45) is 0 Å². The van der Waals surface area contributed by atoms with Crippen molar-refractivity contribution in [1.29, 1.82) is 0 Å². The average molecular weight is 298 g/mol. The van der Waals surface area contributed by atoms with E-state index in [0.717, 1.165) is 0 Å². The monoisotopic (exact) mass is 298 g/mol. The molecule has 2 aromatic carbocycles. The van der Waals surface area contributed by atoms with Gasteiger partial charge >= 0.3 is 103 Å². The van der Waals surface area contributed by atoms with E-state index < -0.39 is 22.9 Å². The van der Waals surface area contributed by atoms with E-state index in [9.17, 15) is 0 Å². The van der Waals surface area contributed by atoms with Crippen molar-refractivity contribution in [2.45, 2.75) is 13.8 Å². The zero-order valence-corrected chi connectivity index (χ0v) is 12.5. The SMILES string of the molecule is Cc1cc[c]([In+][c]2ccc(C)cc2)cc1.[H-]. The van der Waals surface area contributed by atoms with E-state index in [0.29, 0.717) is 0 Å². The molecule has 0 unspecified atom stereocenters. The van der Waals surface area contributed by atoms with Crippen molar-refractivity contribution in [1.82, 2.24) is 0 Å². The minimum absolute atomic E-state index is 0. The molecule has 0 nitrogen and oxygen atoms in total. The summed E-state index contributed by atoms with van der Waals surface area (Å²) in [6.45, 7) is 4.28. The van der Waals surface area contributed by atoms with E-state index in [1.807, 2.05) is 0 Å². The van der Waals surface area contributed by atoms with Crippen molar-refractivity contribution < 1.29 is 1.43 Å². The Kier molecular flexibility index (Phi) is 3.53. The van der Waals surface area contributed by atoms with E-state index in [4.69, 9.17) is 0 Å². The summed E-state index contributed by atoms with van der Waals surface area (Å²) in [7, 11) is 0. The molecule has 0 radical (unpaired) electrons. The van der Waals surface area contributed by atoms with Crippen LogP contribution in [-0.2, 0) is 0 Å². The molecular formula is C14H15In. The van der Waals surface area contributed by atoms with Crippen molar-refractivity contribution in [3.8, 4) is 0 Å². The number of aryl methyl sites for hydroxylation is 2. The fraction of sp³-hybridized carbons (Fsp3) is 0.143. The molecule has 0 fully saturated rings. The molecule has 2 aromatic rings. The van der Waals surface area contributed by atoms with Gasteiger partial charge in [0.25, 0.3) is 0 Å². The minimum atomic E-state index is -0.742. The largest absolute Gasteiger partial charge is 1.00 e. The van der Waals surface area contributed by atoms with Crippen LogP contribution in [0.3, 0.4) is 0 Å². The van der Waals surface area contributed by atoms with Crippen molar-refractivity contribution >= 4 is 29.5 Å². The standard InChI is InChI=1S/2C7H7.In.H/c2*1-7-5-3-2-4-6-7;;/h2*3-6H,1H3;;/q;;+1;-1. The van der Waals surface area contributed by atoms with Crippen molar-refractivity contribution in [3.63, 3.8) is 0 Å². The molecular weight excluding hydrogens is 283 g/mol. The molecule has 0 aliphatic heterocycles. The second-order valence-electron chi connectivity index (χ2n) is 3.97. The van der Waals surface area contributed by atoms with Gasteiger partial charge in [-0.1, -0.05) is 0 Å². The van der Waals surface area contributed by atoms with E-state index in [2.05, 4.69) is 62.4 Å². The predicted octanol–water partition coefficient (Wildman–Crippen LogP) is 2.07. The Hall–Kier alpha value is -0.690. The van der Waals surface area contributed by atoms with Crippen LogP contribution in [0.5, 0.6) is 0 Å². The van der Waals surface area contributed by atoms with E-state index in [1.165, 1.54) is 11.1 Å². The molecule has 15 heavy (non-hydrogen) atoms. The maximum absolute atomic E-state index is 2.29. The minimum Gasteiger partial charge on any atom is -1.00 e. The molecule has 1 heteroatoms. The summed E-state index contributed by atoms with van der Waals surface area (Å²) in [5.74, 6) is 0. The predicted molar refractivity (Wildman–Crippen MR) is 68.5 cm³/mol. The van der Waals surface area contributed by atoms with Crippen LogP contribution in [0.2, 0.25) is 0 Å². The molecule has 0 saturated carbocycles. The molecule has 0 aromatic heterocycles. The molecule has 0 amide bonds. The van der Waals surface area contributed by atoms with Gasteiger partial charge in [0.05, 0.1) is 0 Å². The maximum Gasteiger partial charge on any atom is -1.00 e. The van der Waals surface area contributed by atoms with E-state index >= 15 is 0 Å². The molecule has 0 aliphatic rings. The first-order chi connectivity index (χ1) is 7.24. The van der Waals surface area contributed by atoms with Gasteiger partial charge in [-0.05, 0) is 0 Å². The summed E-state index contributed by atoms with van der Waals surface area (Å²) in [6, 6.07) is 18.0. The Morgan fingerprint density at radius 2 is 1.00 bits per heavy atom. The van der Waals surface area contributed by atoms with Crippen LogP contribution in [0.4, 0.5) is 0 Å². The van der Waals surface area contributed by atoms with Crippen molar-refractivity contribution in [3.05, 3.63) is 59.7 Å². The van der Waals surface area contributed by atoms with Crippen LogP contribution < -0.4 is 6.64 Å². The molecule has 0 N–H and O–H groups in total. The van der Waals surface area contributed by atoms with Crippen LogP contribution in [-0.4, -0.2) is 22.9 Å². The first-order valence-electron chi connectivity index (χ1n) is 5.22.